The number of alkyl halides is 3. The molecule has 0 aliphatic carbocycles. The molecule has 42 heavy (non-hydrogen) atoms. The van der Waals surface area contributed by atoms with E-state index in [1.165, 1.54) is 0 Å². The number of nitrogens with two attached hydrogens (primary N) is 1. The van der Waals surface area contributed by atoms with Crippen LogP contribution in [0, 0.1) is 5.95 Å². The maximum absolute atomic E-state index is 15.3. The molecule has 10 heteroatoms. The number of piperidine rings is 1. The van der Waals surface area contributed by atoms with Crippen LogP contribution in [0.1, 0.15) is 61.4 Å². The molecule has 4 aromatic rings. The van der Waals surface area contributed by atoms with Gasteiger partial charge in [0.2, 0.25) is 5.95 Å². The number of ether oxygens (including phenoxy) is 1. The van der Waals surface area contributed by atoms with Gasteiger partial charge in [0, 0.05) is 37.5 Å². The summed E-state index contributed by atoms with van der Waals surface area (Å²) in [6.07, 6.45) is -0.0976. The van der Waals surface area contributed by atoms with Gasteiger partial charge < -0.3 is 15.4 Å². The summed E-state index contributed by atoms with van der Waals surface area (Å²) in [6.45, 7) is 2.11. The third-order valence-corrected chi connectivity index (χ3v) is 8.08. The van der Waals surface area contributed by atoms with Crippen LogP contribution in [0.2, 0.25) is 0 Å². The Balaban J connectivity index is 1.49. The van der Waals surface area contributed by atoms with Gasteiger partial charge >= 0.3 is 6.18 Å². The number of aromatic nitrogens is 3. The number of halogens is 4. The third kappa shape index (κ3) is 6.05. The second kappa shape index (κ2) is 11.9. The summed E-state index contributed by atoms with van der Waals surface area (Å²) < 4.78 is 64.9. The number of nitrogens with zero attached hydrogens (tertiary/aromatic N) is 4. The highest BCUT2D eigenvalue weighted by atomic mass is 19.4. The van der Waals surface area contributed by atoms with Gasteiger partial charge in [0.25, 0.3) is 0 Å². The van der Waals surface area contributed by atoms with Gasteiger partial charge in [-0.3, -0.25) is 0 Å². The van der Waals surface area contributed by atoms with Crippen LogP contribution in [0.25, 0.3) is 22.0 Å². The Kier molecular flexibility index (Phi) is 8.00. The van der Waals surface area contributed by atoms with Gasteiger partial charge in [-0.15, -0.1) is 5.10 Å². The van der Waals surface area contributed by atoms with Gasteiger partial charge in [-0.2, -0.15) is 17.6 Å². The molecule has 2 aromatic carbocycles. The minimum absolute atomic E-state index is 0.0874. The van der Waals surface area contributed by atoms with Gasteiger partial charge in [-0.25, -0.2) is 9.67 Å². The van der Waals surface area contributed by atoms with Gasteiger partial charge in [0.15, 0.2) is 6.23 Å². The molecule has 6 rings (SSSR count). The largest absolute Gasteiger partial charge is 0.393 e. The van der Waals surface area contributed by atoms with Crippen molar-refractivity contribution < 1.29 is 22.3 Å². The van der Waals surface area contributed by atoms with Crippen molar-refractivity contribution in [3.63, 3.8) is 0 Å². The minimum atomic E-state index is -4.48. The minimum Gasteiger partial charge on any atom is -0.357 e. The predicted molar refractivity (Wildman–Crippen MR) is 155 cm³/mol. The molecule has 220 valence electrons. The first-order valence-electron chi connectivity index (χ1n) is 14.4. The average Bonchev–Trinajstić information content (AvgIpc) is 3.33. The lowest BCUT2D eigenvalue weighted by molar-refractivity contribution is -0.122. The Morgan fingerprint density at radius 1 is 0.929 bits per heavy atom. The van der Waals surface area contributed by atoms with E-state index < -0.39 is 18.5 Å². The fourth-order valence-electron chi connectivity index (χ4n) is 5.93. The molecule has 2 fully saturated rings. The van der Waals surface area contributed by atoms with Gasteiger partial charge in [0.1, 0.15) is 5.82 Å². The van der Waals surface area contributed by atoms with E-state index in [1.54, 1.807) is 65.5 Å². The van der Waals surface area contributed by atoms with Crippen LogP contribution in [0.5, 0.6) is 0 Å². The number of allylic oxidation sites excluding steroid dienone is 1. The topological polar surface area (TPSA) is 69.2 Å². The zero-order valence-electron chi connectivity index (χ0n) is 23.2. The predicted octanol–water partition coefficient (Wildman–Crippen LogP) is 7.11. The molecule has 2 N–H and O–H groups in total. The maximum atomic E-state index is 15.3. The van der Waals surface area contributed by atoms with E-state index in [-0.39, 0.29) is 23.2 Å². The lowest BCUT2D eigenvalue weighted by Crippen LogP contribution is -2.40. The van der Waals surface area contributed by atoms with E-state index in [4.69, 9.17) is 10.5 Å². The van der Waals surface area contributed by atoms with Crippen LogP contribution in [0.15, 0.2) is 66.9 Å². The van der Waals surface area contributed by atoms with E-state index >= 15 is 4.39 Å². The number of hydrogen-bond donors (Lipinski definition) is 1. The maximum Gasteiger partial charge on any atom is 0.393 e. The first-order chi connectivity index (χ1) is 20.3. The quantitative estimate of drug-likeness (QED) is 0.195. The molecular formula is C32H33F4N5O. The summed E-state index contributed by atoms with van der Waals surface area (Å²) in [5, 5.41) is 4.35. The number of hydrogen-bond acceptors (Lipinski definition) is 5. The van der Waals surface area contributed by atoms with E-state index in [9.17, 15) is 13.2 Å². The van der Waals surface area contributed by atoms with Crippen molar-refractivity contribution in [2.45, 2.75) is 57.0 Å². The Morgan fingerprint density at radius 2 is 1.69 bits per heavy atom. The number of anilines is 1. The average molecular weight is 580 g/mol. The lowest BCUT2D eigenvalue weighted by atomic mass is 9.88. The highest BCUT2D eigenvalue weighted by molar-refractivity contribution is 6.00. The van der Waals surface area contributed by atoms with Crippen LogP contribution in [-0.2, 0) is 4.74 Å². The monoisotopic (exact) mass is 579 g/mol. The molecule has 0 bridgehead atoms. The van der Waals surface area contributed by atoms with E-state index in [1.807, 2.05) is 6.07 Å². The molecule has 2 aromatic heterocycles. The number of fused-ring (bicyclic) bond motifs is 1. The highest BCUT2D eigenvalue weighted by Crippen LogP contribution is 2.40. The third-order valence-electron chi connectivity index (χ3n) is 8.08. The van der Waals surface area contributed by atoms with E-state index in [0.29, 0.717) is 40.8 Å². The standard InChI is InChI=1S/C32H33F4N5O/c33-31-25-18-22(9-11-27(25)41(39-31)29-8-4-5-17-42-29)30(26(19-32(34,35)36)21-6-2-1-3-7-21)23-10-12-28(38-20-23)40-15-13-24(37)14-16-40/h1-3,6-7,9-12,18,20,24,29H,4-5,8,13-17,19,37H2/b30-26-. The van der Waals surface area contributed by atoms with Crippen molar-refractivity contribution in [2.75, 3.05) is 24.6 Å². The summed E-state index contributed by atoms with van der Waals surface area (Å²) in [7, 11) is 0. The van der Waals surface area contributed by atoms with Crippen LogP contribution in [0.4, 0.5) is 23.4 Å². The number of rotatable bonds is 6. The molecule has 1 atom stereocenters. The summed E-state index contributed by atoms with van der Waals surface area (Å²) in [5.41, 5.74) is 8.42. The summed E-state index contributed by atoms with van der Waals surface area (Å²) >= 11 is 0. The normalized spacial score (nSPS) is 19.3. The molecule has 0 amide bonds. The van der Waals surface area contributed by atoms with Gasteiger partial charge in [-0.05, 0) is 78.6 Å². The first kappa shape index (κ1) is 28.4. The summed E-state index contributed by atoms with van der Waals surface area (Å²) in [5.74, 6) is 0.0616. The van der Waals surface area contributed by atoms with Crippen molar-refractivity contribution in [3.05, 3.63) is 89.5 Å². The van der Waals surface area contributed by atoms with Crippen LogP contribution >= 0.6 is 0 Å². The van der Waals surface area contributed by atoms with Crippen molar-refractivity contribution in [1.29, 1.82) is 0 Å². The van der Waals surface area contributed by atoms with Crippen LogP contribution < -0.4 is 10.6 Å². The second-order valence-corrected chi connectivity index (χ2v) is 11.0. The van der Waals surface area contributed by atoms with Crippen molar-refractivity contribution in [3.8, 4) is 0 Å². The van der Waals surface area contributed by atoms with Crippen LogP contribution in [-0.4, -0.2) is 46.7 Å². The zero-order chi connectivity index (χ0) is 29.3. The summed E-state index contributed by atoms with van der Waals surface area (Å²) in [6, 6.07) is 17.3. The first-order valence-corrected chi connectivity index (χ1v) is 14.4. The zero-order valence-corrected chi connectivity index (χ0v) is 23.2. The Hall–Kier alpha value is -3.76. The van der Waals surface area contributed by atoms with Gasteiger partial charge in [-0.1, -0.05) is 36.4 Å². The fourth-order valence-corrected chi connectivity index (χ4v) is 5.93. The SMILES string of the molecule is NC1CCN(c2ccc(/C(=C(/CC(F)(F)F)c3ccccc3)c3ccc4c(c3)c(F)nn4C3CCCCO3)cn2)CC1. The molecular weight excluding hydrogens is 546 g/mol. The van der Waals surface area contributed by atoms with E-state index in [2.05, 4.69) is 15.0 Å². The number of pyridine rings is 1. The molecule has 0 radical (unpaired) electrons. The molecule has 1 unspecified atom stereocenters. The molecule has 2 aliphatic heterocycles. The molecule has 6 nitrogen and oxygen atoms in total. The smallest absolute Gasteiger partial charge is 0.357 e. The summed E-state index contributed by atoms with van der Waals surface area (Å²) in [4.78, 5) is 6.79. The van der Waals surface area contributed by atoms with Crippen molar-refractivity contribution in [2.24, 2.45) is 5.73 Å². The van der Waals surface area contributed by atoms with Gasteiger partial charge in [0.05, 0.1) is 17.3 Å². The second-order valence-electron chi connectivity index (χ2n) is 11.0. The molecule has 2 saturated heterocycles. The fraction of sp³-hybridized carbons (Fsp3) is 0.375. The van der Waals surface area contributed by atoms with Crippen molar-refractivity contribution >= 4 is 27.9 Å². The molecule has 2 aliphatic rings. The number of benzene rings is 2. The Morgan fingerprint density at radius 3 is 2.36 bits per heavy atom. The lowest BCUT2D eigenvalue weighted by Gasteiger charge is -2.31. The molecule has 0 saturated carbocycles. The molecule has 4 heterocycles. The highest BCUT2D eigenvalue weighted by Gasteiger charge is 2.32. The van der Waals surface area contributed by atoms with Crippen molar-refractivity contribution in [1.82, 2.24) is 14.8 Å². The molecule has 0 spiro atoms. The Labute approximate surface area is 241 Å². The van der Waals surface area contributed by atoms with E-state index in [0.717, 1.165) is 44.6 Å². The Bertz CT molecular complexity index is 1550. The van der Waals surface area contributed by atoms with Crippen LogP contribution in [0.3, 0.4) is 0 Å².